The molecule has 1 aliphatic carbocycles. The van der Waals surface area contributed by atoms with E-state index in [0.717, 1.165) is 0 Å². The average molecular weight is 298 g/mol. The van der Waals surface area contributed by atoms with Crippen LogP contribution in [0.3, 0.4) is 0 Å². The van der Waals surface area contributed by atoms with Gasteiger partial charge in [0.25, 0.3) is 0 Å². The van der Waals surface area contributed by atoms with Gasteiger partial charge in [0.2, 0.25) is 0 Å². The van der Waals surface area contributed by atoms with Crippen LogP contribution in [0.1, 0.15) is 66.2 Å². The fourth-order valence-electron chi connectivity index (χ4n) is 3.69. The summed E-state index contributed by atoms with van der Waals surface area (Å²) in [5, 5.41) is 20.2. The van der Waals surface area contributed by atoms with E-state index in [2.05, 4.69) is 0 Å². The highest BCUT2D eigenvalue weighted by Crippen LogP contribution is 2.50. The summed E-state index contributed by atoms with van der Waals surface area (Å²) in [4.78, 5) is 36.7. The summed E-state index contributed by atoms with van der Waals surface area (Å²) in [7, 11) is 0. The molecule has 0 amide bonds. The van der Waals surface area contributed by atoms with Gasteiger partial charge in [-0.15, -0.1) is 0 Å². The van der Waals surface area contributed by atoms with Crippen molar-refractivity contribution >= 4 is 17.5 Å². The Balaban J connectivity index is 3.33. The van der Waals surface area contributed by atoms with E-state index in [1.165, 1.54) is 13.8 Å². The molecule has 0 saturated heterocycles. The van der Waals surface area contributed by atoms with Crippen molar-refractivity contribution in [3.63, 3.8) is 0 Å². The number of carboxylic acid groups (broad SMARTS) is 1. The molecule has 1 aliphatic rings. The van der Waals surface area contributed by atoms with Gasteiger partial charge in [-0.2, -0.15) is 0 Å². The van der Waals surface area contributed by atoms with Crippen molar-refractivity contribution in [1.82, 2.24) is 0 Å². The Kier molecular flexibility index (Phi) is 4.98. The number of Topliss-reactive ketones (excluding diaryl/α,β-unsaturated/α-hetero) is 2. The zero-order valence-corrected chi connectivity index (χ0v) is 13.4. The SMILES string of the molecule is CCCC(=O)[C@]1(C)C[C@](O)(CCC)C[C@](C)(C(=O)O)C1=O. The lowest BCUT2D eigenvalue weighted by molar-refractivity contribution is -0.176. The van der Waals surface area contributed by atoms with Gasteiger partial charge in [0.05, 0.1) is 11.0 Å². The van der Waals surface area contributed by atoms with Crippen molar-refractivity contribution in [3.05, 3.63) is 0 Å². The summed E-state index contributed by atoms with van der Waals surface area (Å²) in [5.74, 6) is -2.10. The molecule has 0 aromatic carbocycles. The van der Waals surface area contributed by atoms with Crippen LogP contribution in [0.15, 0.2) is 0 Å². The second kappa shape index (κ2) is 5.87. The molecule has 3 atom stereocenters. The predicted octanol–water partition coefficient (Wildman–Crippen LogP) is 2.35. The zero-order chi connectivity index (χ0) is 16.5. The van der Waals surface area contributed by atoms with Crippen LogP contribution in [0, 0.1) is 10.8 Å². The van der Waals surface area contributed by atoms with Crippen molar-refractivity contribution in [2.45, 2.75) is 71.8 Å². The molecule has 1 fully saturated rings. The van der Waals surface area contributed by atoms with Gasteiger partial charge in [0.15, 0.2) is 5.78 Å². The molecule has 0 aliphatic heterocycles. The van der Waals surface area contributed by atoms with Crippen LogP contribution in [0.4, 0.5) is 0 Å². The minimum atomic E-state index is -1.71. The van der Waals surface area contributed by atoms with Crippen LogP contribution in [0.2, 0.25) is 0 Å². The Bertz CT molecular complexity index is 458. The molecule has 120 valence electrons. The molecule has 0 bridgehead atoms. The molecule has 5 nitrogen and oxygen atoms in total. The number of ketones is 2. The van der Waals surface area contributed by atoms with Crippen molar-refractivity contribution in [1.29, 1.82) is 0 Å². The van der Waals surface area contributed by atoms with E-state index in [0.29, 0.717) is 19.3 Å². The van der Waals surface area contributed by atoms with Crippen molar-refractivity contribution < 1.29 is 24.6 Å². The van der Waals surface area contributed by atoms with Crippen LogP contribution >= 0.6 is 0 Å². The Hall–Kier alpha value is -1.23. The van der Waals surface area contributed by atoms with Gasteiger partial charge in [0, 0.05) is 6.42 Å². The van der Waals surface area contributed by atoms with Gasteiger partial charge < -0.3 is 10.2 Å². The fraction of sp³-hybridized carbons (Fsp3) is 0.812. The van der Waals surface area contributed by atoms with Crippen LogP contribution in [0.25, 0.3) is 0 Å². The molecule has 0 unspecified atom stereocenters. The number of hydrogen-bond acceptors (Lipinski definition) is 4. The lowest BCUT2D eigenvalue weighted by Crippen LogP contribution is -2.60. The smallest absolute Gasteiger partial charge is 0.317 e. The van der Waals surface area contributed by atoms with E-state index in [1.807, 2.05) is 13.8 Å². The third-order valence-electron chi connectivity index (χ3n) is 4.65. The monoisotopic (exact) mass is 298 g/mol. The zero-order valence-electron chi connectivity index (χ0n) is 13.4. The Morgan fingerprint density at radius 3 is 2.05 bits per heavy atom. The number of carbonyl (C=O) groups is 3. The Labute approximate surface area is 125 Å². The van der Waals surface area contributed by atoms with Crippen LogP contribution in [-0.2, 0) is 14.4 Å². The number of carboxylic acids is 1. The molecular weight excluding hydrogens is 272 g/mol. The van der Waals surface area contributed by atoms with Gasteiger partial charge in [0.1, 0.15) is 11.2 Å². The first kappa shape index (κ1) is 17.8. The van der Waals surface area contributed by atoms with E-state index in [4.69, 9.17) is 0 Å². The van der Waals surface area contributed by atoms with E-state index >= 15 is 0 Å². The number of aliphatic carboxylic acids is 1. The number of carbonyl (C=O) groups excluding carboxylic acids is 2. The molecule has 21 heavy (non-hydrogen) atoms. The van der Waals surface area contributed by atoms with E-state index in [1.54, 1.807) is 0 Å². The quantitative estimate of drug-likeness (QED) is 0.734. The van der Waals surface area contributed by atoms with Crippen molar-refractivity contribution in [2.75, 3.05) is 0 Å². The van der Waals surface area contributed by atoms with Crippen molar-refractivity contribution in [2.24, 2.45) is 10.8 Å². The summed E-state index contributed by atoms with van der Waals surface area (Å²) in [6, 6.07) is 0. The standard InChI is InChI=1S/C16H26O5/c1-5-7-11(17)14(3)9-16(21,8-6-2)10-15(4,12(14)18)13(19)20/h21H,5-10H2,1-4H3,(H,19,20)/t14-,15-,16+/m0/s1. The third-order valence-corrected chi connectivity index (χ3v) is 4.65. The third kappa shape index (κ3) is 3.03. The summed E-state index contributed by atoms with van der Waals surface area (Å²) in [6.07, 6.45) is 1.76. The van der Waals surface area contributed by atoms with Gasteiger partial charge in [-0.3, -0.25) is 14.4 Å². The predicted molar refractivity (Wildman–Crippen MR) is 77.9 cm³/mol. The van der Waals surface area contributed by atoms with Crippen LogP contribution < -0.4 is 0 Å². The molecule has 1 rings (SSSR count). The lowest BCUT2D eigenvalue weighted by atomic mass is 9.55. The van der Waals surface area contributed by atoms with Gasteiger partial charge in [-0.1, -0.05) is 20.3 Å². The molecule has 2 N–H and O–H groups in total. The molecule has 1 saturated carbocycles. The number of hydrogen-bond donors (Lipinski definition) is 2. The van der Waals surface area contributed by atoms with E-state index < -0.39 is 28.2 Å². The van der Waals surface area contributed by atoms with E-state index in [9.17, 15) is 24.6 Å². The topological polar surface area (TPSA) is 91.7 Å². The summed E-state index contributed by atoms with van der Waals surface area (Å²) in [6.45, 7) is 6.55. The first-order valence-corrected chi connectivity index (χ1v) is 7.60. The van der Waals surface area contributed by atoms with Crippen LogP contribution in [0.5, 0.6) is 0 Å². The highest BCUT2D eigenvalue weighted by Gasteiger charge is 2.61. The largest absolute Gasteiger partial charge is 0.481 e. The van der Waals surface area contributed by atoms with Crippen molar-refractivity contribution in [3.8, 4) is 0 Å². The minimum Gasteiger partial charge on any atom is -0.481 e. The van der Waals surface area contributed by atoms with E-state index in [-0.39, 0.29) is 25.0 Å². The van der Waals surface area contributed by atoms with Crippen LogP contribution in [-0.4, -0.2) is 33.3 Å². The van der Waals surface area contributed by atoms with Gasteiger partial charge >= 0.3 is 5.97 Å². The summed E-state index contributed by atoms with van der Waals surface area (Å²) < 4.78 is 0. The Morgan fingerprint density at radius 1 is 1.10 bits per heavy atom. The molecule has 0 spiro atoms. The summed E-state index contributed by atoms with van der Waals surface area (Å²) >= 11 is 0. The maximum absolute atomic E-state index is 12.7. The Morgan fingerprint density at radius 2 is 1.62 bits per heavy atom. The first-order valence-electron chi connectivity index (χ1n) is 7.60. The fourth-order valence-corrected chi connectivity index (χ4v) is 3.69. The minimum absolute atomic E-state index is 0.0222. The molecular formula is C16H26O5. The maximum atomic E-state index is 12.7. The molecule has 0 aromatic rings. The second-order valence-electron chi connectivity index (χ2n) is 6.80. The first-order chi connectivity index (χ1) is 9.55. The second-order valence-corrected chi connectivity index (χ2v) is 6.80. The van der Waals surface area contributed by atoms with Gasteiger partial charge in [-0.05, 0) is 39.5 Å². The molecule has 5 heteroatoms. The number of rotatable bonds is 6. The average Bonchev–Trinajstić information content (AvgIpc) is 2.36. The maximum Gasteiger partial charge on any atom is 0.317 e. The highest BCUT2D eigenvalue weighted by atomic mass is 16.4. The lowest BCUT2D eigenvalue weighted by Gasteiger charge is -2.48. The number of aliphatic hydroxyl groups is 1. The highest BCUT2D eigenvalue weighted by molar-refractivity contribution is 6.16. The molecule has 0 aromatic heterocycles. The summed E-state index contributed by atoms with van der Waals surface area (Å²) in [5.41, 5.74) is -4.40. The van der Waals surface area contributed by atoms with Gasteiger partial charge in [-0.25, -0.2) is 0 Å². The molecule has 0 radical (unpaired) electrons. The normalized spacial score (nSPS) is 36.5. The molecule has 0 heterocycles.